The summed E-state index contributed by atoms with van der Waals surface area (Å²) in [7, 11) is -2.57. The standard InChI is InChI=1S/C18H16F2N2O4S/c1-25-11-10-21-17-18(27(23,24)15-8-6-14(20)7-9-15)22-16(26-17)12-2-4-13(19)5-3-12/h2-9,21H,10-11H2,1H3. The molecule has 3 rings (SSSR count). The first-order valence-corrected chi connectivity index (χ1v) is 9.40. The molecule has 0 amide bonds. The number of aromatic nitrogens is 1. The molecule has 6 nitrogen and oxygen atoms in total. The Morgan fingerprint density at radius 2 is 1.63 bits per heavy atom. The smallest absolute Gasteiger partial charge is 0.233 e. The highest BCUT2D eigenvalue weighted by Crippen LogP contribution is 2.32. The number of methoxy groups -OCH3 is 1. The number of halogens is 2. The molecule has 0 bridgehead atoms. The lowest BCUT2D eigenvalue weighted by Crippen LogP contribution is -2.11. The molecule has 142 valence electrons. The quantitative estimate of drug-likeness (QED) is 0.488. The zero-order valence-corrected chi connectivity index (χ0v) is 15.1. The van der Waals surface area contributed by atoms with E-state index < -0.39 is 21.5 Å². The zero-order chi connectivity index (χ0) is 19.4. The van der Waals surface area contributed by atoms with Gasteiger partial charge in [0.15, 0.2) is 0 Å². The maximum Gasteiger partial charge on any atom is 0.233 e. The lowest BCUT2D eigenvalue weighted by Gasteiger charge is -2.05. The van der Waals surface area contributed by atoms with E-state index in [9.17, 15) is 17.2 Å². The average molecular weight is 394 g/mol. The number of hydrogen-bond acceptors (Lipinski definition) is 6. The van der Waals surface area contributed by atoms with Gasteiger partial charge in [-0.25, -0.2) is 17.2 Å². The molecular formula is C18H16F2N2O4S. The van der Waals surface area contributed by atoms with Gasteiger partial charge in [0.2, 0.25) is 26.6 Å². The number of ether oxygens (including phenoxy) is 1. The van der Waals surface area contributed by atoms with Crippen LogP contribution in [0.1, 0.15) is 0 Å². The Bertz CT molecular complexity index is 1020. The Balaban J connectivity index is 2.06. The van der Waals surface area contributed by atoms with Gasteiger partial charge in [0.05, 0.1) is 11.5 Å². The number of nitrogens with one attached hydrogen (secondary N) is 1. The Morgan fingerprint density at radius 1 is 1.04 bits per heavy atom. The third-order valence-electron chi connectivity index (χ3n) is 3.66. The molecule has 0 atom stereocenters. The molecule has 0 spiro atoms. The van der Waals surface area contributed by atoms with Crippen molar-refractivity contribution >= 4 is 15.7 Å². The Labute approximate surface area is 154 Å². The van der Waals surface area contributed by atoms with Gasteiger partial charge < -0.3 is 14.5 Å². The second-order valence-electron chi connectivity index (χ2n) is 5.54. The number of hydrogen-bond donors (Lipinski definition) is 1. The van der Waals surface area contributed by atoms with Crippen LogP contribution < -0.4 is 5.32 Å². The van der Waals surface area contributed by atoms with Crippen molar-refractivity contribution in [2.75, 3.05) is 25.6 Å². The maximum atomic E-state index is 13.1. The van der Waals surface area contributed by atoms with Gasteiger partial charge in [-0.15, -0.1) is 0 Å². The average Bonchev–Trinajstić information content (AvgIpc) is 3.08. The maximum absolute atomic E-state index is 13.1. The van der Waals surface area contributed by atoms with E-state index in [4.69, 9.17) is 9.15 Å². The third kappa shape index (κ3) is 4.15. The summed E-state index contributed by atoms with van der Waals surface area (Å²) in [5.74, 6) is -1.06. The summed E-state index contributed by atoms with van der Waals surface area (Å²) in [5.41, 5.74) is 0.409. The first-order chi connectivity index (χ1) is 12.9. The number of benzene rings is 2. The number of rotatable bonds is 7. The number of anilines is 1. The number of nitrogens with zero attached hydrogens (tertiary/aromatic N) is 1. The summed E-state index contributed by atoms with van der Waals surface area (Å²) in [6.45, 7) is 0.586. The molecule has 1 heterocycles. The first-order valence-electron chi connectivity index (χ1n) is 7.92. The van der Waals surface area contributed by atoms with E-state index in [1.165, 1.54) is 31.4 Å². The molecule has 3 aromatic rings. The van der Waals surface area contributed by atoms with E-state index >= 15 is 0 Å². The molecule has 1 N–H and O–H groups in total. The minimum atomic E-state index is -4.07. The Hall–Kier alpha value is -2.78. The summed E-state index contributed by atoms with van der Waals surface area (Å²) in [5, 5.41) is 2.48. The summed E-state index contributed by atoms with van der Waals surface area (Å²) in [4.78, 5) is 3.96. The monoisotopic (exact) mass is 394 g/mol. The van der Waals surface area contributed by atoms with Crippen LogP contribution in [-0.2, 0) is 14.6 Å². The van der Waals surface area contributed by atoms with Gasteiger partial charge in [0.25, 0.3) is 0 Å². The van der Waals surface area contributed by atoms with E-state index in [1.807, 2.05) is 0 Å². The SMILES string of the molecule is COCCNc1oc(-c2ccc(F)cc2)nc1S(=O)(=O)c1ccc(F)cc1. The van der Waals surface area contributed by atoms with E-state index in [2.05, 4.69) is 10.3 Å². The fraction of sp³-hybridized carbons (Fsp3) is 0.167. The van der Waals surface area contributed by atoms with Gasteiger partial charge in [-0.3, -0.25) is 0 Å². The highest BCUT2D eigenvalue weighted by atomic mass is 32.2. The molecule has 1 aromatic heterocycles. The van der Waals surface area contributed by atoms with Crippen LogP contribution in [0.25, 0.3) is 11.5 Å². The van der Waals surface area contributed by atoms with Gasteiger partial charge in [-0.1, -0.05) is 0 Å². The fourth-order valence-corrected chi connectivity index (χ4v) is 3.59. The van der Waals surface area contributed by atoms with E-state index in [1.54, 1.807) is 0 Å². The molecular weight excluding hydrogens is 378 g/mol. The highest BCUT2D eigenvalue weighted by Gasteiger charge is 2.28. The second kappa shape index (κ2) is 7.85. The van der Waals surface area contributed by atoms with Crippen molar-refractivity contribution in [1.82, 2.24) is 4.98 Å². The Kier molecular flexibility index (Phi) is 5.52. The predicted octanol–water partition coefficient (Wildman–Crippen LogP) is 3.51. The molecule has 0 radical (unpaired) electrons. The molecule has 0 saturated heterocycles. The van der Waals surface area contributed by atoms with Crippen LogP contribution in [0, 0.1) is 11.6 Å². The Morgan fingerprint density at radius 3 is 2.22 bits per heavy atom. The van der Waals surface area contributed by atoms with Crippen molar-refractivity contribution < 1.29 is 26.4 Å². The van der Waals surface area contributed by atoms with Crippen LogP contribution >= 0.6 is 0 Å². The van der Waals surface area contributed by atoms with E-state index in [0.29, 0.717) is 12.2 Å². The minimum Gasteiger partial charge on any atom is -0.419 e. The van der Waals surface area contributed by atoms with E-state index in [0.717, 1.165) is 24.3 Å². The molecule has 0 saturated carbocycles. The second-order valence-corrected chi connectivity index (χ2v) is 7.40. The third-order valence-corrected chi connectivity index (χ3v) is 5.34. The van der Waals surface area contributed by atoms with Crippen molar-refractivity contribution in [3.05, 3.63) is 60.2 Å². The molecule has 27 heavy (non-hydrogen) atoms. The summed E-state index contributed by atoms with van der Waals surface area (Å²) >= 11 is 0. The molecule has 0 unspecified atom stereocenters. The van der Waals surface area contributed by atoms with Crippen molar-refractivity contribution in [2.45, 2.75) is 9.92 Å². The number of sulfone groups is 1. The molecule has 2 aromatic carbocycles. The lowest BCUT2D eigenvalue weighted by atomic mass is 10.2. The largest absolute Gasteiger partial charge is 0.419 e. The molecule has 9 heteroatoms. The fourth-order valence-electron chi connectivity index (χ4n) is 2.31. The predicted molar refractivity (Wildman–Crippen MR) is 94.1 cm³/mol. The van der Waals surface area contributed by atoms with Gasteiger partial charge in [0, 0.05) is 19.2 Å². The normalized spacial score (nSPS) is 11.5. The van der Waals surface area contributed by atoms with Crippen LogP contribution in [0.3, 0.4) is 0 Å². The van der Waals surface area contributed by atoms with Gasteiger partial charge >= 0.3 is 0 Å². The van der Waals surface area contributed by atoms with Crippen LogP contribution in [0.2, 0.25) is 0 Å². The first kappa shape index (κ1) is 19.0. The van der Waals surface area contributed by atoms with Gasteiger partial charge in [0.1, 0.15) is 11.6 Å². The lowest BCUT2D eigenvalue weighted by molar-refractivity contribution is 0.210. The van der Waals surface area contributed by atoms with Crippen molar-refractivity contribution in [2.24, 2.45) is 0 Å². The van der Waals surface area contributed by atoms with Crippen LogP contribution in [-0.4, -0.2) is 33.7 Å². The summed E-state index contributed by atoms with van der Waals surface area (Å²) in [6.07, 6.45) is 0. The summed E-state index contributed by atoms with van der Waals surface area (Å²) < 4.78 is 62.6. The summed E-state index contributed by atoms with van der Waals surface area (Å²) in [6, 6.07) is 9.67. The molecule has 0 fully saturated rings. The van der Waals surface area contributed by atoms with Gasteiger partial charge in [-0.05, 0) is 48.5 Å². The number of oxazole rings is 1. The van der Waals surface area contributed by atoms with Crippen LogP contribution in [0.4, 0.5) is 14.7 Å². The minimum absolute atomic E-state index is 0.00982. The van der Waals surface area contributed by atoms with Crippen molar-refractivity contribution in [3.8, 4) is 11.5 Å². The van der Waals surface area contributed by atoms with Crippen LogP contribution in [0.5, 0.6) is 0 Å². The molecule has 0 aliphatic heterocycles. The molecule has 0 aliphatic carbocycles. The zero-order valence-electron chi connectivity index (χ0n) is 14.3. The van der Waals surface area contributed by atoms with Crippen molar-refractivity contribution in [1.29, 1.82) is 0 Å². The van der Waals surface area contributed by atoms with Gasteiger partial charge in [-0.2, -0.15) is 4.98 Å². The topological polar surface area (TPSA) is 81.4 Å². The van der Waals surface area contributed by atoms with E-state index in [-0.39, 0.29) is 28.2 Å². The highest BCUT2D eigenvalue weighted by molar-refractivity contribution is 7.91. The molecule has 0 aliphatic rings. The van der Waals surface area contributed by atoms with Crippen molar-refractivity contribution in [3.63, 3.8) is 0 Å². The van der Waals surface area contributed by atoms with Crippen LogP contribution in [0.15, 0.2) is 62.9 Å².